The monoisotopic (exact) mass is 378 g/mol. The van der Waals surface area contributed by atoms with Crippen molar-refractivity contribution in [1.82, 2.24) is 10.1 Å². The number of benzene rings is 2. The molecule has 0 spiro atoms. The molecule has 3 aromatic rings. The number of amides is 1. The van der Waals surface area contributed by atoms with E-state index in [1.54, 1.807) is 0 Å². The van der Waals surface area contributed by atoms with Crippen LogP contribution in [-0.4, -0.2) is 29.1 Å². The summed E-state index contributed by atoms with van der Waals surface area (Å²) >= 11 is 0. The van der Waals surface area contributed by atoms with Gasteiger partial charge in [0, 0.05) is 24.7 Å². The van der Waals surface area contributed by atoms with Crippen LogP contribution in [0.15, 0.2) is 40.9 Å². The standard InChI is InChI=1S/C22H26N4O2/c1-13(2)22(27)26-9-7-14(8-10-26)16-11-18(15-3-5-17(23)6-4-15)20-19(12-16)28-25-21(20)24/h3-6,11-14H,7-10,23H2,1-2H3,(H2,24,25). The van der Waals surface area contributed by atoms with Crippen LogP contribution in [0.25, 0.3) is 22.1 Å². The second-order valence-electron chi connectivity index (χ2n) is 7.89. The number of nitrogen functional groups attached to an aromatic ring is 2. The second kappa shape index (κ2) is 7.19. The average Bonchev–Trinajstić information content (AvgIpc) is 3.08. The van der Waals surface area contributed by atoms with Crippen molar-refractivity contribution < 1.29 is 9.32 Å². The SMILES string of the molecule is CC(C)C(=O)N1CCC(c2cc(-c3ccc(N)cc3)c3c(N)noc3c2)CC1. The summed E-state index contributed by atoms with van der Waals surface area (Å²) in [4.78, 5) is 14.2. The maximum absolute atomic E-state index is 12.3. The molecule has 2 heterocycles. The molecule has 1 amide bonds. The number of anilines is 2. The van der Waals surface area contributed by atoms with Gasteiger partial charge in [-0.3, -0.25) is 4.79 Å². The molecule has 1 saturated heterocycles. The van der Waals surface area contributed by atoms with Gasteiger partial charge >= 0.3 is 0 Å². The molecule has 0 bridgehead atoms. The van der Waals surface area contributed by atoms with E-state index in [4.69, 9.17) is 16.0 Å². The number of likely N-dealkylation sites (tertiary alicyclic amines) is 1. The fourth-order valence-corrected chi connectivity index (χ4v) is 4.04. The molecule has 0 atom stereocenters. The molecule has 1 aliphatic heterocycles. The lowest BCUT2D eigenvalue weighted by Gasteiger charge is -2.33. The fourth-order valence-electron chi connectivity index (χ4n) is 4.04. The highest BCUT2D eigenvalue weighted by Gasteiger charge is 2.26. The number of fused-ring (bicyclic) bond motifs is 1. The third kappa shape index (κ3) is 3.30. The highest BCUT2D eigenvalue weighted by atomic mass is 16.5. The van der Waals surface area contributed by atoms with Crippen molar-refractivity contribution in [2.24, 2.45) is 5.92 Å². The van der Waals surface area contributed by atoms with Gasteiger partial charge in [0.2, 0.25) is 5.91 Å². The molecule has 1 aromatic heterocycles. The van der Waals surface area contributed by atoms with E-state index >= 15 is 0 Å². The van der Waals surface area contributed by atoms with Crippen molar-refractivity contribution in [3.05, 3.63) is 42.0 Å². The Labute approximate surface area is 164 Å². The van der Waals surface area contributed by atoms with Crippen LogP contribution in [0.3, 0.4) is 0 Å². The first-order chi connectivity index (χ1) is 13.4. The first kappa shape index (κ1) is 18.3. The molecule has 4 N–H and O–H groups in total. The smallest absolute Gasteiger partial charge is 0.225 e. The number of hydrogen-bond acceptors (Lipinski definition) is 5. The molecular weight excluding hydrogens is 352 g/mol. The van der Waals surface area contributed by atoms with Gasteiger partial charge in [-0.1, -0.05) is 31.1 Å². The van der Waals surface area contributed by atoms with E-state index in [0.717, 1.165) is 48.1 Å². The number of nitrogens with two attached hydrogens (primary N) is 2. The van der Waals surface area contributed by atoms with Crippen LogP contribution in [0, 0.1) is 5.92 Å². The lowest BCUT2D eigenvalue weighted by molar-refractivity contribution is -0.135. The van der Waals surface area contributed by atoms with E-state index < -0.39 is 0 Å². The maximum Gasteiger partial charge on any atom is 0.225 e. The molecule has 0 unspecified atom stereocenters. The summed E-state index contributed by atoms with van der Waals surface area (Å²) < 4.78 is 5.49. The number of carbonyl (C=O) groups excluding carboxylic acids is 1. The second-order valence-corrected chi connectivity index (χ2v) is 7.89. The van der Waals surface area contributed by atoms with Crippen LogP contribution >= 0.6 is 0 Å². The summed E-state index contributed by atoms with van der Waals surface area (Å²) in [7, 11) is 0. The van der Waals surface area contributed by atoms with Crippen LogP contribution in [0.1, 0.15) is 38.2 Å². The number of rotatable bonds is 3. The predicted molar refractivity (Wildman–Crippen MR) is 112 cm³/mol. The topological polar surface area (TPSA) is 98.4 Å². The van der Waals surface area contributed by atoms with Gasteiger partial charge in [-0.2, -0.15) is 0 Å². The van der Waals surface area contributed by atoms with Gasteiger partial charge in [0.05, 0.1) is 5.39 Å². The molecule has 0 saturated carbocycles. The Morgan fingerprint density at radius 3 is 2.46 bits per heavy atom. The van der Waals surface area contributed by atoms with Crippen molar-refractivity contribution in [2.75, 3.05) is 24.6 Å². The Bertz CT molecular complexity index is 999. The van der Waals surface area contributed by atoms with E-state index in [-0.39, 0.29) is 11.8 Å². The Kier molecular flexibility index (Phi) is 4.71. The molecule has 0 radical (unpaired) electrons. The van der Waals surface area contributed by atoms with Crippen molar-refractivity contribution in [1.29, 1.82) is 0 Å². The Morgan fingerprint density at radius 2 is 1.82 bits per heavy atom. The summed E-state index contributed by atoms with van der Waals surface area (Å²) in [6.07, 6.45) is 1.88. The summed E-state index contributed by atoms with van der Waals surface area (Å²) in [5.41, 5.74) is 16.6. The van der Waals surface area contributed by atoms with Gasteiger partial charge in [-0.15, -0.1) is 0 Å². The number of carbonyl (C=O) groups is 1. The number of nitrogens with zero attached hydrogens (tertiary/aromatic N) is 2. The van der Waals surface area contributed by atoms with Crippen LogP contribution in [-0.2, 0) is 4.79 Å². The molecule has 1 aliphatic rings. The lowest BCUT2D eigenvalue weighted by Crippen LogP contribution is -2.40. The Morgan fingerprint density at radius 1 is 1.14 bits per heavy atom. The van der Waals surface area contributed by atoms with Gasteiger partial charge in [0.1, 0.15) is 0 Å². The van der Waals surface area contributed by atoms with E-state index in [0.29, 0.717) is 17.3 Å². The highest BCUT2D eigenvalue weighted by molar-refractivity contribution is 6.01. The zero-order valence-corrected chi connectivity index (χ0v) is 16.3. The van der Waals surface area contributed by atoms with Crippen LogP contribution in [0.2, 0.25) is 0 Å². The van der Waals surface area contributed by atoms with Gasteiger partial charge in [0.15, 0.2) is 11.4 Å². The minimum Gasteiger partial charge on any atom is -0.399 e. The van der Waals surface area contributed by atoms with Gasteiger partial charge in [0.25, 0.3) is 0 Å². The van der Waals surface area contributed by atoms with Crippen molar-refractivity contribution in [3.63, 3.8) is 0 Å². The van der Waals surface area contributed by atoms with Gasteiger partial charge in [-0.25, -0.2) is 0 Å². The van der Waals surface area contributed by atoms with E-state index in [2.05, 4.69) is 11.2 Å². The molecule has 4 rings (SSSR count). The van der Waals surface area contributed by atoms with Gasteiger partial charge in [-0.05, 0) is 59.7 Å². The first-order valence-corrected chi connectivity index (χ1v) is 9.77. The molecule has 6 nitrogen and oxygen atoms in total. The number of aromatic nitrogens is 1. The molecule has 1 fully saturated rings. The zero-order chi connectivity index (χ0) is 19.8. The molecule has 28 heavy (non-hydrogen) atoms. The normalized spacial score (nSPS) is 15.5. The third-order valence-corrected chi connectivity index (χ3v) is 5.62. The molecular formula is C22H26N4O2. The molecule has 2 aromatic carbocycles. The fraction of sp³-hybridized carbons (Fsp3) is 0.364. The van der Waals surface area contributed by atoms with E-state index in [1.165, 1.54) is 5.56 Å². The molecule has 6 heteroatoms. The highest BCUT2D eigenvalue weighted by Crippen LogP contribution is 2.38. The lowest BCUT2D eigenvalue weighted by atomic mass is 9.86. The summed E-state index contributed by atoms with van der Waals surface area (Å²) in [5, 5.41) is 4.80. The quantitative estimate of drug-likeness (QED) is 0.671. The van der Waals surface area contributed by atoms with Crippen molar-refractivity contribution in [2.45, 2.75) is 32.6 Å². The predicted octanol–water partition coefficient (Wildman–Crippen LogP) is 4.02. The Balaban J connectivity index is 1.68. The third-order valence-electron chi connectivity index (χ3n) is 5.62. The number of piperidine rings is 1. The molecule has 146 valence electrons. The van der Waals surface area contributed by atoms with Crippen LogP contribution < -0.4 is 11.5 Å². The van der Waals surface area contributed by atoms with Crippen LogP contribution in [0.5, 0.6) is 0 Å². The minimum atomic E-state index is 0.0437. The van der Waals surface area contributed by atoms with Crippen molar-refractivity contribution >= 4 is 28.4 Å². The Hall–Kier alpha value is -3.02. The largest absolute Gasteiger partial charge is 0.399 e. The van der Waals surface area contributed by atoms with Crippen molar-refractivity contribution in [3.8, 4) is 11.1 Å². The average molecular weight is 378 g/mol. The maximum atomic E-state index is 12.3. The number of hydrogen-bond donors (Lipinski definition) is 2. The summed E-state index contributed by atoms with van der Waals surface area (Å²) in [6, 6.07) is 12.0. The van der Waals surface area contributed by atoms with Gasteiger partial charge < -0.3 is 20.9 Å². The van der Waals surface area contributed by atoms with Crippen LogP contribution in [0.4, 0.5) is 11.5 Å². The zero-order valence-electron chi connectivity index (χ0n) is 16.3. The summed E-state index contributed by atoms with van der Waals surface area (Å²) in [5.74, 6) is 1.05. The summed E-state index contributed by atoms with van der Waals surface area (Å²) in [6.45, 7) is 5.48. The van der Waals surface area contributed by atoms with E-state index in [9.17, 15) is 4.79 Å². The van der Waals surface area contributed by atoms with E-state index in [1.807, 2.05) is 49.1 Å². The first-order valence-electron chi connectivity index (χ1n) is 9.77. The minimum absolute atomic E-state index is 0.0437. The molecule has 0 aliphatic carbocycles.